The van der Waals surface area contributed by atoms with E-state index in [0.29, 0.717) is 22.6 Å². The summed E-state index contributed by atoms with van der Waals surface area (Å²) in [7, 11) is -1.65. The fraction of sp³-hybridized carbons (Fsp3) is 0.667. The molecule has 0 radical (unpaired) electrons. The third-order valence-corrected chi connectivity index (χ3v) is 7.25. The predicted octanol–water partition coefficient (Wildman–Crippen LogP) is 3.30. The average Bonchev–Trinajstić information content (AvgIpc) is 2.99. The fourth-order valence-corrected chi connectivity index (χ4v) is 5.29. The molecule has 1 heterocycles. The molecule has 1 saturated carbocycles. The molecule has 1 aliphatic rings. The van der Waals surface area contributed by atoms with E-state index in [1.807, 2.05) is 0 Å². The topological polar surface area (TPSA) is 37.4 Å². The first-order chi connectivity index (χ1) is 8.54. The average molecular weight is 308 g/mol. The van der Waals surface area contributed by atoms with E-state index in [2.05, 4.69) is 0 Å². The van der Waals surface area contributed by atoms with Crippen LogP contribution in [0.4, 0.5) is 0 Å². The van der Waals surface area contributed by atoms with Crippen LogP contribution in [0.2, 0.25) is 0 Å². The molecule has 0 N–H and O–H groups in total. The lowest BCUT2D eigenvalue weighted by Gasteiger charge is -2.19. The van der Waals surface area contributed by atoms with E-state index < -0.39 is 10.0 Å². The molecule has 1 aromatic rings. The number of nitrogens with zero attached hydrogens (tertiary/aromatic N) is 1. The Morgan fingerprint density at radius 2 is 2.06 bits per heavy atom. The Morgan fingerprint density at radius 3 is 2.61 bits per heavy atom. The molecule has 3 nitrogen and oxygen atoms in total. The van der Waals surface area contributed by atoms with E-state index in [1.54, 1.807) is 19.2 Å². The molecule has 2 rings (SSSR count). The van der Waals surface area contributed by atoms with Gasteiger partial charge in [0.1, 0.15) is 4.21 Å². The van der Waals surface area contributed by atoms with Gasteiger partial charge in [0, 0.05) is 18.5 Å². The molecule has 18 heavy (non-hydrogen) atoms. The molecule has 0 unspecified atom stereocenters. The maximum atomic E-state index is 12.3. The van der Waals surface area contributed by atoms with E-state index in [4.69, 9.17) is 11.6 Å². The second kappa shape index (κ2) is 5.90. The SMILES string of the molecule is CN(CC1CCCC1)S(=O)(=O)c1ccc(CCl)s1. The Labute approximate surface area is 118 Å². The van der Waals surface area contributed by atoms with Crippen molar-refractivity contribution in [2.24, 2.45) is 5.92 Å². The molecule has 0 atom stereocenters. The number of rotatable bonds is 5. The van der Waals surface area contributed by atoms with Gasteiger partial charge in [-0.2, -0.15) is 4.31 Å². The highest BCUT2D eigenvalue weighted by Gasteiger charge is 2.26. The van der Waals surface area contributed by atoms with Crippen LogP contribution in [0.1, 0.15) is 30.6 Å². The lowest BCUT2D eigenvalue weighted by Crippen LogP contribution is -2.30. The van der Waals surface area contributed by atoms with E-state index >= 15 is 0 Å². The van der Waals surface area contributed by atoms with E-state index in [0.717, 1.165) is 17.7 Å². The summed E-state index contributed by atoms with van der Waals surface area (Å²) in [5, 5.41) is 0. The summed E-state index contributed by atoms with van der Waals surface area (Å²) in [5.74, 6) is 0.893. The van der Waals surface area contributed by atoms with Gasteiger partial charge in [-0.3, -0.25) is 0 Å². The summed E-state index contributed by atoms with van der Waals surface area (Å²) < 4.78 is 26.6. The molecule has 0 amide bonds. The highest BCUT2D eigenvalue weighted by atomic mass is 35.5. The summed E-state index contributed by atoms with van der Waals surface area (Å²) in [4.78, 5) is 0.893. The molecule has 0 aliphatic heterocycles. The van der Waals surface area contributed by atoms with Crippen molar-refractivity contribution in [1.29, 1.82) is 0 Å². The predicted molar refractivity (Wildman–Crippen MR) is 75.6 cm³/mol. The number of sulfonamides is 1. The van der Waals surface area contributed by atoms with Crippen LogP contribution in [0.3, 0.4) is 0 Å². The largest absolute Gasteiger partial charge is 0.252 e. The Hall–Kier alpha value is -0.100. The van der Waals surface area contributed by atoms with Gasteiger partial charge in [-0.25, -0.2) is 8.42 Å². The Balaban J connectivity index is 2.09. The molecule has 102 valence electrons. The van der Waals surface area contributed by atoms with Gasteiger partial charge < -0.3 is 0 Å². The second-order valence-electron chi connectivity index (χ2n) is 4.79. The number of thiophene rings is 1. The molecular weight excluding hydrogens is 290 g/mol. The Morgan fingerprint density at radius 1 is 1.39 bits per heavy atom. The standard InChI is InChI=1S/C12H18ClNO2S2/c1-14(9-10-4-2-3-5-10)18(15,16)12-7-6-11(8-13)17-12/h6-7,10H,2-5,8-9H2,1H3. The fourth-order valence-electron chi connectivity index (χ4n) is 2.38. The number of alkyl halides is 1. The third-order valence-electron chi connectivity index (χ3n) is 3.42. The van der Waals surface area contributed by atoms with Gasteiger partial charge in [0.05, 0.1) is 5.88 Å². The van der Waals surface area contributed by atoms with Gasteiger partial charge in [-0.05, 0) is 30.9 Å². The second-order valence-corrected chi connectivity index (χ2v) is 8.50. The zero-order chi connectivity index (χ0) is 13.2. The van der Waals surface area contributed by atoms with Crippen LogP contribution in [-0.2, 0) is 15.9 Å². The van der Waals surface area contributed by atoms with E-state index in [1.165, 1.54) is 28.5 Å². The summed E-state index contributed by atoms with van der Waals surface area (Å²) in [6, 6.07) is 3.44. The lowest BCUT2D eigenvalue weighted by atomic mass is 10.1. The van der Waals surface area contributed by atoms with Crippen molar-refractivity contribution in [1.82, 2.24) is 4.31 Å². The van der Waals surface area contributed by atoms with Crippen LogP contribution in [0.15, 0.2) is 16.3 Å². The molecule has 6 heteroatoms. The van der Waals surface area contributed by atoms with Crippen LogP contribution in [0.25, 0.3) is 0 Å². The van der Waals surface area contributed by atoms with Gasteiger partial charge in [0.15, 0.2) is 0 Å². The molecule has 1 aliphatic carbocycles. The minimum absolute atomic E-state index is 0.368. The molecule has 0 saturated heterocycles. The summed E-state index contributed by atoms with van der Waals surface area (Å²) in [6.07, 6.45) is 4.76. The van der Waals surface area contributed by atoms with Crippen LogP contribution in [-0.4, -0.2) is 26.3 Å². The number of hydrogen-bond donors (Lipinski definition) is 0. The van der Waals surface area contributed by atoms with Gasteiger partial charge in [-0.1, -0.05) is 12.8 Å². The first kappa shape index (κ1) is 14.3. The van der Waals surface area contributed by atoms with Crippen molar-refractivity contribution in [2.45, 2.75) is 35.8 Å². The van der Waals surface area contributed by atoms with Crippen LogP contribution in [0.5, 0.6) is 0 Å². The molecule has 1 fully saturated rings. The summed E-state index contributed by atoms with van der Waals surface area (Å²) >= 11 is 6.97. The van der Waals surface area contributed by atoms with E-state index in [9.17, 15) is 8.42 Å². The van der Waals surface area contributed by atoms with Crippen molar-refractivity contribution in [3.05, 3.63) is 17.0 Å². The van der Waals surface area contributed by atoms with Gasteiger partial charge in [0.25, 0.3) is 10.0 Å². The molecule has 1 aromatic heterocycles. The minimum atomic E-state index is -3.32. The number of hydrogen-bond acceptors (Lipinski definition) is 3. The third kappa shape index (κ3) is 3.07. The van der Waals surface area contributed by atoms with Crippen LogP contribution < -0.4 is 0 Å². The first-order valence-electron chi connectivity index (χ1n) is 6.15. The van der Waals surface area contributed by atoms with Crippen molar-refractivity contribution in [3.63, 3.8) is 0 Å². The summed E-state index contributed by atoms with van der Waals surface area (Å²) in [6.45, 7) is 0.635. The van der Waals surface area contributed by atoms with Crippen molar-refractivity contribution in [3.8, 4) is 0 Å². The number of halogens is 1. The molecular formula is C12H18ClNO2S2. The smallest absolute Gasteiger partial charge is 0.206 e. The van der Waals surface area contributed by atoms with Gasteiger partial charge in [0.2, 0.25) is 0 Å². The highest BCUT2D eigenvalue weighted by molar-refractivity contribution is 7.91. The Kier molecular flexibility index (Phi) is 4.69. The minimum Gasteiger partial charge on any atom is -0.206 e. The van der Waals surface area contributed by atoms with Crippen LogP contribution >= 0.6 is 22.9 Å². The molecule has 0 bridgehead atoms. The molecule has 0 aromatic carbocycles. The van der Waals surface area contributed by atoms with Crippen molar-refractivity contribution < 1.29 is 8.42 Å². The summed E-state index contributed by atoms with van der Waals surface area (Å²) in [5.41, 5.74) is 0. The zero-order valence-corrected chi connectivity index (χ0v) is 12.8. The van der Waals surface area contributed by atoms with Crippen molar-refractivity contribution >= 4 is 33.0 Å². The zero-order valence-electron chi connectivity index (χ0n) is 10.4. The van der Waals surface area contributed by atoms with Gasteiger partial charge in [-0.15, -0.1) is 22.9 Å². The van der Waals surface area contributed by atoms with Gasteiger partial charge >= 0.3 is 0 Å². The quantitative estimate of drug-likeness (QED) is 0.783. The lowest BCUT2D eigenvalue weighted by molar-refractivity contribution is 0.388. The normalized spacial score (nSPS) is 17.7. The van der Waals surface area contributed by atoms with E-state index in [-0.39, 0.29) is 0 Å². The van der Waals surface area contributed by atoms with Crippen LogP contribution in [0, 0.1) is 5.92 Å². The molecule has 0 spiro atoms. The maximum absolute atomic E-state index is 12.3. The maximum Gasteiger partial charge on any atom is 0.252 e. The monoisotopic (exact) mass is 307 g/mol. The highest BCUT2D eigenvalue weighted by Crippen LogP contribution is 2.29. The van der Waals surface area contributed by atoms with Crippen molar-refractivity contribution in [2.75, 3.05) is 13.6 Å². The first-order valence-corrected chi connectivity index (χ1v) is 8.94. The Bertz CT molecular complexity index is 492.